The quantitative estimate of drug-likeness (QED) is 0.540. The number of carbonyl (C=O) groups excluding carboxylic acids is 1. The number of nitrogens with one attached hydrogen (secondary N) is 1. The summed E-state index contributed by atoms with van der Waals surface area (Å²) < 4.78 is 11.0. The predicted octanol–water partition coefficient (Wildman–Crippen LogP) is 4.09. The number of ether oxygens (including phenoxy) is 1. The lowest BCUT2D eigenvalue weighted by molar-refractivity contribution is 0.0520. The lowest BCUT2D eigenvalue weighted by Gasteiger charge is -2.19. The highest BCUT2D eigenvalue weighted by atomic mass is 32.2. The van der Waals surface area contributed by atoms with Crippen molar-refractivity contribution in [1.82, 2.24) is 20.3 Å². The molecule has 0 fully saturated rings. The number of thiazole rings is 1. The van der Waals surface area contributed by atoms with E-state index in [1.165, 1.54) is 29.4 Å². The first kappa shape index (κ1) is 17.7. The molecule has 7 nitrogen and oxygen atoms in total. The second-order valence-corrected chi connectivity index (χ2v) is 7.95. The van der Waals surface area contributed by atoms with E-state index in [9.17, 15) is 4.79 Å². The van der Waals surface area contributed by atoms with Crippen molar-refractivity contribution in [2.45, 2.75) is 37.9 Å². The van der Waals surface area contributed by atoms with Gasteiger partial charge in [-0.2, -0.15) is 0 Å². The fraction of sp³-hybridized carbons (Fsp3) is 0.375. The molecule has 3 aromatic rings. The summed E-state index contributed by atoms with van der Waals surface area (Å²) in [7, 11) is 0. The summed E-state index contributed by atoms with van der Waals surface area (Å²) in [6, 6.07) is 3.63. The highest BCUT2D eigenvalue weighted by Gasteiger charge is 2.17. The number of hydrogen-bond donors (Lipinski definition) is 1. The normalized spacial score (nSPS) is 11.7. The molecule has 0 aliphatic rings. The summed E-state index contributed by atoms with van der Waals surface area (Å²) in [6.45, 7) is 5.69. The lowest BCUT2D eigenvalue weighted by Crippen LogP contribution is -2.32. The highest BCUT2D eigenvalue weighted by molar-refractivity contribution is 7.98. The lowest BCUT2D eigenvalue weighted by atomic mass is 10.2. The third kappa shape index (κ3) is 4.29. The van der Waals surface area contributed by atoms with Crippen LogP contribution in [0.4, 0.5) is 4.79 Å². The van der Waals surface area contributed by atoms with Crippen LogP contribution in [0.25, 0.3) is 21.1 Å². The van der Waals surface area contributed by atoms with Gasteiger partial charge < -0.3 is 14.5 Å². The van der Waals surface area contributed by atoms with E-state index in [0.717, 1.165) is 20.4 Å². The molecule has 0 aliphatic heterocycles. The summed E-state index contributed by atoms with van der Waals surface area (Å²) in [5.41, 5.74) is 0.245. The zero-order valence-electron chi connectivity index (χ0n) is 14.3. The molecular formula is C16H18N4O3S2. The molecule has 132 valence electrons. The Hall–Kier alpha value is -2.13. The van der Waals surface area contributed by atoms with E-state index in [1.807, 2.05) is 33.1 Å². The summed E-state index contributed by atoms with van der Waals surface area (Å²) >= 11 is 2.97. The minimum Gasteiger partial charge on any atom is -0.457 e. The molecule has 3 heterocycles. The van der Waals surface area contributed by atoms with Crippen molar-refractivity contribution in [3.05, 3.63) is 24.2 Å². The van der Waals surface area contributed by atoms with Gasteiger partial charge in [0.2, 0.25) is 0 Å². The van der Waals surface area contributed by atoms with Gasteiger partial charge in [0.25, 0.3) is 0 Å². The van der Waals surface area contributed by atoms with Gasteiger partial charge in [-0.25, -0.2) is 19.7 Å². The van der Waals surface area contributed by atoms with Gasteiger partial charge in [0.1, 0.15) is 33.1 Å². The van der Waals surface area contributed by atoms with Crippen LogP contribution in [0.1, 0.15) is 26.5 Å². The van der Waals surface area contributed by atoms with Crippen LogP contribution >= 0.6 is 23.1 Å². The summed E-state index contributed by atoms with van der Waals surface area (Å²) in [6.07, 6.45) is 3.01. The van der Waals surface area contributed by atoms with Crippen molar-refractivity contribution in [1.29, 1.82) is 0 Å². The SMILES string of the molecule is CSc1ncnc2sc(-c3ccc(CNC(=O)OC(C)(C)C)o3)nc12. The second-order valence-electron chi connectivity index (χ2n) is 6.18. The van der Waals surface area contributed by atoms with Gasteiger partial charge in [-0.3, -0.25) is 0 Å². The van der Waals surface area contributed by atoms with Crippen LogP contribution in [0, 0.1) is 0 Å². The number of fused-ring (bicyclic) bond motifs is 1. The van der Waals surface area contributed by atoms with Gasteiger partial charge in [-0.15, -0.1) is 11.8 Å². The van der Waals surface area contributed by atoms with Crippen LogP contribution < -0.4 is 5.32 Å². The zero-order chi connectivity index (χ0) is 18.0. The summed E-state index contributed by atoms with van der Waals surface area (Å²) in [4.78, 5) is 25.6. The predicted molar refractivity (Wildman–Crippen MR) is 97.8 cm³/mol. The minimum absolute atomic E-state index is 0.246. The number of amides is 1. The second kappa shape index (κ2) is 7.01. The maximum atomic E-state index is 11.7. The molecule has 25 heavy (non-hydrogen) atoms. The summed E-state index contributed by atoms with van der Waals surface area (Å²) in [5, 5.41) is 4.24. The smallest absolute Gasteiger partial charge is 0.408 e. The van der Waals surface area contributed by atoms with E-state index in [2.05, 4.69) is 20.3 Å². The molecule has 0 unspecified atom stereocenters. The molecule has 0 saturated carbocycles. The van der Waals surface area contributed by atoms with Crippen molar-refractivity contribution >= 4 is 39.5 Å². The Balaban J connectivity index is 1.72. The monoisotopic (exact) mass is 378 g/mol. The van der Waals surface area contributed by atoms with Crippen LogP contribution in [0.5, 0.6) is 0 Å². The Labute approximate surface area is 153 Å². The number of carbonyl (C=O) groups is 1. The third-order valence-corrected chi connectivity index (χ3v) is 4.70. The molecule has 1 N–H and O–H groups in total. The Morgan fingerprint density at radius 2 is 2.16 bits per heavy atom. The van der Waals surface area contributed by atoms with Crippen LogP contribution in [0.2, 0.25) is 0 Å². The van der Waals surface area contributed by atoms with Gasteiger partial charge in [0.15, 0.2) is 10.8 Å². The maximum Gasteiger partial charge on any atom is 0.408 e. The minimum atomic E-state index is -0.532. The number of thioether (sulfide) groups is 1. The largest absolute Gasteiger partial charge is 0.457 e. The van der Waals surface area contributed by atoms with E-state index in [0.29, 0.717) is 11.5 Å². The molecule has 0 radical (unpaired) electrons. The first-order valence-corrected chi connectivity index (χ1v) is 9.61. The van der Waals surface area contributed by atoms with Crippen LogP contribution in [0.3, 0.4) is 0 Å². The number of nitrogens with zero attached hydrogens (tertiary/aromatic N) is 3. The van der Waals surface area contributed by atoms with Crippen LogP contribution in [0.15, 0.2) is 27.9 Å². The van der Waals surface area contributed by atoms with Crippen molar-refractivity contribution in [2.24, 2.45) is 0 Å². The van der Waals surface area contributed by atoms with Crippen LogP contribution in [-0.2, 0) is 11.3 Å². The highest BCUT2D eigenvalue weighted by Crippen LogP contribution is 2.33. The van der Waals surface area contributed by atoms with E-state index < -0.39 is 11.7 Å². The molecule has 0 saturated heterocycles. The number of furan rings is 1. The standard InChI is InChI=1S/C16H18N4O3S2/c1-16(2,3)23-15(21)17-7-9-5-6-10(22-9)12-20-11-13(24-4)18-8-19-14(11)25-12/h5-6,8H,7H2,1-4H3,(H,17,21). The van der Waals surface area contributed by atoms with Gasteiger partial charge in [-0.1, -0.05) is 11.3 Å². The van der Waals surface area contributed by atoms with E-state index >= 15 is 0 Å². The average molecular weight is 378 g/mol. The average Bonchev–Trinajstić information content (AvgIpc) is 3.17. The van der Waals surface area contributed by atoms with Gasteiger partial charge >= 0.3 is 6.09 Å². The van der Waals surface area contributed by atoms with Crippen molar-refractivity contribution in [3.8, 4) is 10.8 Å². The van der Waals surface area contributed by atoms with Crippen LogP contribution in [-0.4, -0.2) is 32.9 Å². The number of aromatic nitrogens is 3. The number of alkyl carbamates (subject to hydrolysis) is 1. The molecule has 0 spiro atoms. The Morgan fingerprint density at radius 3 is 2.88 bits per heavy atom. The molecule has 0 bridgehead atoms. The van der Waals surface area contributed by atoms with E-state index in [1.54, 1.807) is 6.07 Å². The van der Waals surface area contributed by atoms with E-state index in [4.69, 9.17) is 9.15 Å². The number of hydrogen-bond acceptors (Lipinski definition) is 8. The third-order valence-electron chi connectivity index (χ3n) is 3.03. The molecule has 0 aromatic carbocycles. The van der Waals surface area contributed by atoms with Gasteiger partial charge in [-0.05, 0) is 39.2 Å². The first-order valence-electron chi connectivity index (χ1n) is 7.57. The Morgan fingerprint density at radius 1 is 1.36 bits per heavy atom. The fourth-order valence-electron chi connectivity index (χ4n) is 2.05. The zero-order valence-corrected chi connectivity index (χ0v) is 16.0. The molecule has 3 rings (SSSR count). The molecular weight excluding hydrogens is 360 g/mol. The molecule has 3 aromatic heterocycles. The fourth-order valence-corrected chi connectivity index (χ4v) is 3.47. The summed E-state index contributed by atoms with van der Waals surface area (Å²) in [5.74, 6) is 1.26. The van der Waals surface area contributed by atoms with Gasteiger partial charge in [0, 0.05) is 0 Å². The van der Waals surface area contributed by atoms with Gasteiger partial charge in [0.05, 0.1) is 6.54 Å². The van der Waals surface area contributed by atoms with Crippen molar-refractivity contribution in [3.63, 3.8) is 0 Å². The van der Waals surface area contributed by atoms with E-state index in [-0.39, 0.29) is 6.54 Å². The van der Waals surface area contributed by atoms with Crippen molar-refractivity contribution in [2.75, 3.05) is 6.26 Å². The Kier molecular flexibility index (Phi) is 4.96. The molecule has 1 amide bonds. The maximum absolute atomic E-state index is 11.7. The topological polar surface area (TPSA) is 90.1 Å². The Bertz CT molecular complexity index is 898. The molecule has 0 aliphatic carbocycles. The number of rotatable bonds is 4. The molecule has 0 atom stereocenters. The first-order chi connectivity index (χ1) is 11.9. The van der Waals surface area contributed by atoms with Crippen molar-refractivity contribution < 1.29 is 13.9 Å². The molecule has 9 heteroatoms.